The standard InChI is InChI=1S/C10H11N3O2/c1-7(10(14)15-2)13-9-6-4-3-5-8(9)11-12-13/h3-7H,1-2H3/t7-/m1/s1. The minimum atomic E-state index is -0.456. The van der Waals surface area contributed by atoms with E-state index in [-0.39, 0.29) is 5.97 Å². The van der Waals surface area contributed by atoms with Crippen molar-refractivity contribution in [2.24, 2.45) is 0 Å². The molecule has 0 aliphatic rings. The van der Waals surface area contributed by atoms with Gasteiger partial charge in [-0.1, -0.05) is 17.3 Å². The summed E-state index contributed by atoms with van der Waals surface area (Å²) in [5.41, 5.74) is 1.60. The van der Waals surface area contributed by atoms with Crippen LogP contribution in [0.25, 0.3) is 11.0 Å². The van der Waals surface area contributed by atoms with Gasteiger partial charge < -0.3 is 4.74 Å². The van der Waals surface area contributed by atoms with E-state index in [0.29, 0.717) is 0 Å². The van der Waals surface area contributed by atoms with Crippen LogP contribution < -0.4 is 0 Å². The molecular weight excluding hydrogens is 194 g/mol. The van der Waals surface area contributed by atoms with Crippen molar-refractivity contribution in [1.82, 2.24) is 15.0 Å². The molecular formula is C10H11N3O2. The van der Waals surface area contributed by atoms with Gasteiger partial charge in [0.05, 0.1) is 12.6 Å². The third kappa shape index (κ3) is 1.56. The Morgan fingerprint density at radius 2 is 2.20 bits per heavy atom. The SMILES string of the molecule is COC(=O)[C@@H](C)n1nnc2ccccc21. The lowest BCUT2D eigenvalue weighted by atomic mass is 10.3. The van der Waals surface area contributed by atoms with Crippen LogP contribution in [0.3, 0.4) is 0 Å². The fourth-order valence-electron chi connectivity index (χ4n) is 1.44. The zero-order valence-corrected chi connectivity index (χ0v) is 8.54. The van der Waals surface area contributed by atoms with Crippen molar-refractivity contribution in [1.29, 1.82) is 0 Å². The largest absolute Gasteiger partial charge is 0.467 e. The number of benzene rings is 1. The number of esters is 1. The first-order valence-corrected chi connectivity index (χ1v) is 4.62. The van der Waals surface area contributed by atoms with Crippen LogP contribution in [-0.2, 0) is 9.53 Å². The van der Waals surface area contributed by atoms with Crippen LogP contribution in [0.5, 0.6) is 0 Å². The topological polar surface area (TPSA) is 57.0 Å². The second-order valence-electron chi connectivity index (χ2n) is 3.22. The van der Waals surface area contributed by atoms with Gasteiger partial charge in [-0.3, -0.25) is 0 Å². The van der Waals surface area contributed by atoms with E-state index in [1.165, 1.54) is 7.11 Å². The summed E-state index contributed by atoms with van der Waals surface area (Å²) in [6.45, 7) is 1.73. The van der Waals surface area contributed by atoms with Crippen LogP contribution in [-0.4, -0.2) is 28.1 Å². The molecule has 0 bridgehead atoms. The van der Waals surface area contributed by atoms with Gasteiger partial charge in [0.2, 0.25) is 0 Å². The van der Waals surface area contributed by atoms with E-state index < -0.39 is 6.04 Å². The molecule has 1 aromatic heterocycles. The average molecular weight is 205 g/mol. The molecule has 0 unspecified atom stereocenters. The Labute approximate surface area is 86.6 Å². The zero-order chi connectivity index (χ0) is 10.8. The van der Waals surface area contributed by atoms with Crippen LogP contribution in [0.4, 0.5) is 0 Å². The minimum Gasteiger partial charge on any atom is -0.467 e. The number of ether oxygens (including phenoxy) is 1. The number of rotatable bonds is 2. The number of hydrogen-bond donors (Lipinski definition) is 0. The molecule has 0 radical (unpaired) electrons. The molecule has 15 heavy (non-hydrogen) atoms. The second-order valence-corrected chi connectivity index (χ2v) is 3.22. The monoisotopic (exact) mass is 205 g/mol. The van der Waals surface area contributed by atoms with Crippen LogP contribution in [0, 0.1) is 0 Å². The third-order valence-corrected chi connectivity index (χ3v) is 2.29. The predicted octanol–water partition coefficient (Wildman–Crippen LogP) is 1.17. The Balaban J connectivity index is 2.48. The molecule has 1 aromatic carbocycles. The Hall–Kier alpha value is -1.91. The Morgan fingerprint density at radius 1 is 1.47 bits per heavy atom. The summed E-state index contributed by atoms with van der Waals surface area (Å²) in [7, 11) is 1.36. The summed E-state index contributed by atoms with van der Waals surface area (Å²) < 4.78 is 6.21. The Morgan fingerprint density at radius 3 is 2.93 bits per heavy atom. The predicted molar refractivity (Wildman–Crippen MR) is 54.3 cm³/mol. The quantitative estimate of drug-likeness (QED) is 0.690. The highest BCUT2D eigenvalue weighted by Gasteiger charge is 2.18. The summed E-state index contributed by atoms with van der Waals surface area (Å²) in [6.07, 6.45) is 0. The highest BCUT2D eigenvalue weighted by Crippen LogP contribution is 2.15. The number of carbonyl (C=O) groups excluding carboxylic acids is 1. The van der Waals surface area contributed by atoms with E-state index in [1.807, 2.05) is 24.3 Å². The number of hydrogen-bond acceptors (Lipinski definition) is 4. The molecule has 5 heteroatoms. The lowest BCUT2D eigenvalue weighted by Crippen LogP contribution is -2.18. The third-order valence-electron chi connectivity index (χ3n) is 2.29. The van der Waals surface area contributed by atoms with Crippen molar-refractivity contribution in [2.45, 2.75) is 13.0 Å². The van der Waals surface area contributed by atoms with Gasteiger partial charge in [-0.15, -0.1) is 5.10 Å². The molecule has 5 nitrogen and oxygen atoms in total. The number of carbonyl (C=O) groups is 1. The first-order chi connectivity index (χ1) is 7.24. The molecule has 0 fully saturated rings. The molecule has 0 amide bonds. The fourth-order valence-corrected chi connectivity index (χ4v) is 1.44. The number of methoxy groups -OCH3 is 1. The van der Waals surface area contributed by atoms with Crippen molar-refractivity contribution < 1.29 is 9.53 Å². The molecule has 78 valence electrons. The average Bonchev–Trinajstić information content (AvgIpc) is 2.70. The van der Waals surface area contributed by atoms with E-state index in [9.17, 15) is 4.79 Å². The van der Waals surface area contributed by atoms with Gasteiger partial charge in [0, 0.05) is 0 Å². The van der Waals surface area contributed by atoms with Crippen LogP contribution in [0.1, 0.15) is 13.0 Å². The van der Waals surface area contributed by atoms with Crippen LogP contribution in [0.2, 0.25) is 0 Å². The highest BCUT2D eigenvalue weighted by atomic mass is 16.5. The second kappa shape index (κ2) is 3.68. The fraction of sp³-hybridized carbons (Fsp3) is 0.300. The highest BCUT2D eigenvalue weighted by molar-refractivity contribution is 5.79. The maximum absolute atomic E-state index is 11.3. The van der Waals surface area contributed by atoms with Gasteiger partial charge in [0.15, 0.2) is 0 Å². The number of fused-ring (bicyclic) bond motifs is 1. The summed E-state index contributed by atoms with van der Waals surface area (Å²) in [4.78, 5) is 11.3. The van der Waals surface area contributed by atoms with Crippen molar-refractivity contribution in [2.75, 3.05) is 7.11 Å². The normalized spacial score (nSPS) is 12.7. The van der Waals surface area contributed by atoms with Gasteiger partial charge in [0.1, 0.15) is 11.6 Å². The smallest absolute Gasteiger partial charge is 0.330 e. The minimum absolute atomic E-state index is 0.328. The first-order valence-electron chi connectivity index (χ1n) is 4.62. The van der Waals surface area contributed by atoms with E-state index in [4.69, 9.17) is 0 Å². The van der Waals surface area contributed by atoms with Crippen molar-refractivity contribution in [3.05, 3.63) is 24.3 Å². The van der Waals surface area contributed by atoms with Crippen molar-refractivity contribution in [3.8, 4) is 0 Å². The molecule has 1 heterocycles. The molecule has 0 N–H and O–H groups in total. The summed E-state index contributed by atoms with van der Waals surface area (Å²) in [6, 6.07) is 7.02. The van der Waals surface area contributed by atoms with Gasteiger partial charge in [0.25, 0.3) is 0 Å². The van der Waals surface area contributed by atoms with E-state index in [0.717, 1.165) is 11.0 Å². The lowest BCUT2D eigenvalue weighted by molar-refractivity contribution is -0.144. The lowest BCUT2D eigenvalue weighted by Gasteiger charge is -2.09. The summed E-state index contributed by atoms with van der Waals surface area (Å²) in [5, 5.41) is 7.89. The van der Waals surface area contributed by atoms with Gasteiger partial charge >= 0.3 is 5.97 Å². The molecule has 0 spiro atoms. The summed E-state index contributed by atoms with van der Waals surface area (Å²) in [5.74, 6) is -0.328. The maximum atomic E-state index is 11.3. The number of aromatic nitrogens is 3. The number of para-hydroxylation sites is 1. The van der Waals surface area contributed by atoms with Gasteiger partial charge in [-0.2, -0.15) is 0 Å². The molecule has 0 saturated heterocycles. The van der Waals surface area contributed by atoms with Crippen molar-refractivity contribution >= 4 is 17.0 Å². The number of nitrogens with zero attached hydrogens (tertiary/aromatic N) is 3. The molecule has 0 saturated carbocycles. The molecule has 1 atom stereocenters. The van der Waals surface area contributed by atoms with E-state index in [2.05, 4.69) is 15.0 Å². The van der Waals surface area contributed by atoms with Gasteiger partial charge in [-0.25, -0.2) is 9.48 Å². The van der Waals surface area contributed by atoms with Crippen LogP contribution in [0.15, 0.2) is 24.3 Å². The van der Waals surface area contributed by atoms with Gasteiger partial charge in [-0.05, 0) is 19.1 Å². The molecule has 0 aliphatic heterocycles. The molecule has 2 rings (SSSR count). The molecule has 2 aromatic rings. The molecule has 0 aliphatic carbocycles. The van der Waals surface area contributed by atoms with E-state index in [1.54, 1.807) is 11.6 Å². The van der Waals surface area contributed by atoms with Crippen LogP contribution >= 0.6 is 0 Å². The van der Waals surface area contributed by atoms with Crippen molar-refractivity contribution in [3.63, 3.8) is 0 Å². The van der Waals surface area contributed by atoms with E-state index >= 15 is 0 Å². The zero-order valence-electron chi connectivity index (χ0n) is 8.54. The summed E-state index contributed by atoms with van der Waals surface area (Å²) >= 11 is 0. The maximum Gasteiger partial charge on any atom is 0.330 e. The Bertz CT molecular complexity index is 492. The Kier molecular flexibility index (Phi) is 2.37. The first kappa shape index (κ1) is 9.64.